The molecule has 1 unspecified atom stereocenters. The van der Waals surface area contributed by atoms with Crippen LogP contribution in [0.25, 0.3) is 0 Å². The van der Waals surface area contributed by atoms with Crippen LogP contribution < -0.4 is 0 Å². The molecule has 2 fully saturated rings. The van der Waals surface area contributed by atoms with Crippen molar-refractivity contribution in [3.05, 3.63) is 52.0 Å². The number of halogens is 9. The third-order valence-electron chi connectivity index (χ3n) is 6.27. The predicted octanol–water partition coefficient (Wildman–Crippen LogP) is 5.84. The summed E-state index contributed by atoms with van der Waals surface area (Å²) in [5, 5.41) is 21.4. The van der Waals surface area contributed by atoms with Crippen molar-refractivity contribution in [2.45, 2.75) is 57.8 Å². The summed E-state index contributed by atoms with van der Waals surface area (Å²) in [5.41, 5.74) is 1.72. The monoisotopic (exact) mass is 683 g/mol. The van der Waals surface area contributed by atoms with Crippen LogP contribution in [0.3, 0.4) is 0 Å². The Hall–Kier alpha value is -3.45. The lowest BCUT2D eigenvalue weighted by Crippen LogP contribution is -2.44. The summed E-state index contributed by atoms with van der Waals surface area (Å²) in [6, 6.07) is 10.8. The Morgan fingerprint density at radius 3 is 1.67 bits per heavy atom. The molecule has 254 valence electrons. The number of piperidine rings is 1. The van der Waals surface area contributed by atoms with Gasteiger partial charge in [0, 0.05) is 42.1 Å². The summed E-state index contributed by atoms with van der Waals surface area (Å²) in [7, 11) is 0. The zero-order chi connectivity index (χ0) is 34.6. The Labute approximate surface area is 254 Å². The van der Waals surface area contributed by atoms with Crippen molar-refractivity contribution >= 4 is 29.2 Å². The van der Waals surface area contributed by atoms with Crippen LogP contribution in [0.1, 0.15) is 34.7 Å². The number of aliphatic carboxylic acids is 3. The Balaban J connectivity index is 0.000000396. The minimum Gasteiger partial charge on any atom is -0.475 e. The number of nitrogens with zero attached hydrogens (tertiary/aromatic N) is 3. The number of carbonyl (C=O) groups is 3. The van der Waals surface area contributed by atoms with Crippen LogP contribution in [0, 0.1) is 12.3 Å². The van der Waals surface area contributed by atoms with Crippen LogP contribution in [0.5, 0.6) is 0 Å². The molecule has 2 aromatic heterocycles. The molecule has 0 saturated carbocycles. The topological polar surface area (TPSA) is 131 Å². The fraction of sp³-hybridized carbons (Fsp3) is 0.538. The van der Waals surface area contributed by atoms with Gasteiger partial charge < -0.3 is 15.3 Å². The van der Waals surface area contributed by atoms with Gasteiger partial charge in [-0.15, -0.1) is 11.3 Å². The first-order valence-electron chi connectivity index (χ1n) is 12.8. The molecule has 0 radical (unpaired) electrons. The normalized spacial score (nSPS) is 18.9. The second-order valence-electron chi connectivity index (χ2n) is 10.0. The molecule has 2 aliphatic heterocycles. The van der Waals surface area contributed by atoms with Crippen molar-refractivity contribution in [1.29, 1.82) is 0 Å². The van der Waals surface area contributed by atoms with Crippen molar-refractivity contribution in [3.63, 3.8) is 0 Å². The van der Waals surface area contributed by atoms with E-state index in [2.05, 4.69) is 46.0 Å². The Kier molecular flexibility index (Phi) is 14.7. The molecule has 1 atom stereocenters. The fourth-order valence-electron chi connectivity index (χ4n) is 4.45. The number of aryl methyl sites for hydroxylation is 1. The molecular formula is C26H30F9N3O6S. The molecule has 1 spiro atoms. The Morgan fingerprint density at radius 1 is 0.778 bits per heavy atom. The summed E-state index contributed by atoms with van der Waals surface area (Å²) >= 11 is 1.95. The van der Waals surface area contributed by atoms with E-state index < -0.39 is 36.4 Å². The van der Waals surface area contributed by atoms with Crippen LogP contribution in [0.4, 0.5) is 39.5 Å². The highest BCUT2D eigenvalue weighted by Gasteiger charge is 2.42. The van der Waals surface area contributed by atoms with E-state index in [-0.39, 0.29) is 0 Å². The number of likely N-dealkylation sites (tertiary alicyclic amines) is 2. The van der Waals surface area contributed by atoms with Gasteiger partial charge in [0.1, 0.15) is 0 Å². The van der Waals surface area contributed by atoms with Crippen molar-refractivity contribution in [1.82, 2.24) is 14.8 Å². The second kappa shape index (κ2) is 16.7. The highest BCUT2D eigenvalue weighted by Crippen LogP contribution is 2.40. The molecule has 9 nitrogen and oxygen atoms in total. The molecule has 0 aliphatic carbocycles. The molecule has 0 aromatic carbocycles. The number of carboxylic acids is 3. The third-order valence-corrected chi connectivity index (χ3v) is 7.26. The van der Waals surface area contributed by atoms with E-state index in [1.807, 2.05) is 23.6 Å². The number of hydrogen-bond acceptors (Lipinski definition) is 7. The predicted molar refractivity (Wildman–Crippen MR) is 141 cm³/mol. The number of carboxylic acid groups (broad SMARTS) is 3. The first kappa shape index (κ1) is 39.6. The maximum atomic E-state index is 10.6. The zero-order valence-electron chi connectivity index (χ0n) is 23.5. The molecule has 2 aliphatic rings. The highest BCUT2D eigenvalue weighted by atomic mass is 32.1. The first-order valence-corrected chi connectivity index (χ1v) is 13.7. The van der Waals surface area contributed by atoms with Crippen LogP contribution >= 0.6 is 11.3 Å². The lowest BCUT2D eigenvalue weighted by molar-refractivity contribution is -0.193. The first-order chi connectivity index (χ1) is 20.5. The second-order valence-corrected chi connectivity index (χ2v) is 11.4. The Bertz CT molecular complexity index is 1180. The molecule has 4 rings (SSSR count). The largest absolute Gasteiger partial charge is 0.490 e. The van der Waals surface area contributed by atoms with Gasteiger partial charge in [0.2, 0.25) is 0 Å². The van der Waals surface area contributed by atoms with Gasteiger partial charge in [0.25, 0.3) is 0 Å². The maximum absolute atomic E-state index is 10.6. The molecule has 2 aromatic rings. The third kappa shape index (κ3) is 15.4. The highest BCUT2D eigenvalue weighted by molar-refractivity contribution is 7.11. The van der Waals surface area contributed by atoms with Crippen LogP contribution in [0.15, 0.2) is 36.5 Å². The van der Waals surface area contributed by atoms with E-state index in [0.29, 0.717) is 5.41 Å². The maximum Gasteiger partial charge on any atom is 0.490 e. The average Bonchev–Trinajstić information content (AvgIpc) is 3.49. The Morgan fingerprint density at radius 2 is 1.27 bits per heavy atom. The van der Waals surface area contributed by atoms with Gasteiger partial charge in [0.05, 0.1) is 5.69 Å². The fourth-order valence-corrected chi connectivity index (χ4v) is 5.38. The lowest BCUT2D eigenvalue weighted by Gasteiger charge is -2.40. The summed E-state index contributed by atoms with van der Waals surface area (Å²) in [6.07, 6.45) is -9.25. The number of hydrogen-bond donors (Lipinski definition) is 3. The number of rotatable bonds is 4. The standard InChI is InChI=1S/C20H27N3S.3C2HF3O2/c1-17-6-7-19(24-17)14-23-12-9-20(16-23)8-4-11-22(15-20)13-18-5-2-3-10-21-18;3*3-2(4,5)1(6)7/h2-3,5-7,10H,4,8-9,11-16H2,1H3;3*(H,6,7). The van der Waals surface area contributed by atoms with E-state index in [1.54, 1.807) is 0 Å². The number of alkyl halides is 9. The molecule has 0 amide bonds. The molecule has 4 heterocycles. The quantitative estimate of drug-likeness (QED) is 0.341. The van der Waals surface area contributed by atoms with Crippen LogP contribution in [-0.4, -0.2) is 92.7 Å². The van der Waals surface area contributed by atoms with Crippen LogP contribution in [0.2, 0.25) is 0 Å². The molecule has 0 bridgehead atoms. The minimum atomic E-state index is -5.08. The molecule has 2 saturated heterocycles. The number of aromatic nitrogens is 1. The summed E-state index contributed by atoms with van der Waals surface area (Å²) in [6.45, 7) is 9.34. The van der Waals surface area contributed by atoms with E-state index in [4.69, 9.17) is 29.7 Å². The van der Waals surface area contributed by atoms with E-state index in [9.17, 15) is 39.5 Å². The molecule has 19 heteroatoms. The van der Waals surface area contributed by atoms with Crippen molar-refractivity contribution in [2.24, 2.45) is 5.41 Å². The molecule has 45 heavy (non-hydrogen) atoms. The number of pyridine rings is 1. The average molecular weight is 684 g/mol. The molecular weight excluding hydrogens is 653 g/mol. The van der Waals surface area contributed by atoms with Gasteiger partial charge in [-0.25, -0.2) is 14.4 Å². The molecule has 3 N–H and O–H groups in total. The van der Waals surface area contributed by atoms with Gasteiger partial charge in [-0.3, -0.25) is 14.8 Å². The van der Waals surface area contributed by atoms with E-state index >= 15 is 0 Å². The van der Waals surface area contributed by atoms with Crippen molar-refractivity contribution in [3.8, 4) is 0 Å². The van der Waals surface area contributed by atoms with E-state index in [0.717, 1.165) is 13.1 Å². The van der Waals surface area contributed by atoms with Gasteiger partial charge in [-0.1, -0.05) is 6.07 Å². The minimum absolute atomic E-state index is 0.513. The van der Waals surface area contributed by atoms with Crippen molar-refractivity contribution < 1.29 is 69.2 Å². The van der Waals surface area contributed by atoms with Gasteiger partial charge in [0.15, 0.2) is 0 Å². The van der Waals surface area contributed by atoms with Crippen molar-refractivity contribution in [2.75, 3.05) is 26.2 Å². The smallest absolute Gasteiger partial charge is 0.475 e. The SMILES string of the molecule is Cc1ccc(CN2CCC3(CCCN(Cc4ccccn4)C3)C2)s1.O=C(O)C(F)(F)F.O=C(O)C(F)(F)F.O=C(O)C(F)(F)F. The number of thiophene rings is 1. The van der Waals surface area contributed by atoms with Crippen LogP contribution in [-0.2, 0) is 27.5 Å². The van der Waals surface area contributed by atoms with E-state index in [1.165, 1.54) is 60.9 Å². The van der Waals surface area contributed by atoms with Gasteiger partial charge in [-0.2, -0.15) is 39.5 Å². The van der Waals surface area contributed by atoms with Gasteiger partial charge in [-0.05, 0) is 69.0 Å². The summed E-state index contributed by atoms with van der Waals surface area (Å²) < 4.78 is 95.2. The lowest BCUT2D eigenvalue weighted by atomic mass is 9.79. The summed E-state index contributed by atoms with van der Waals surface area (Å²) in [5.74, 6) is -8.27. The zero-order valence-corrected chi connectivity index (χ0v) is 24.4. The summed E-state index contributed by atoms with van der Waals surface area (Å²) in [4.78, 5) is 39.5. The van der Waals surface area contributed by atoms with Gasteiger partial charge >= 0.3 is 36.4 Å².